The zero-order valence-electron chi connectivity index (χ0n) is 7.30. The van der Waals surface area contributed by atoms with Gasteiger partial charge < -0.3 is 4.74 Å². The van der Waals surface area contributed by atoms with Gasteiger partial charge >= 0.3 is 0 Å². The molecular formula is C9H16O2. The lowest BCUT2D eigenvalue weighted by Crippen LogP contribution is -2.16. The maximum atomic E-state index is 11.2. The summed E-state index contributed by atoms with van der Waals surface area (Å²) in [5.74, 6) is 0.496. The standard InChI is InChI=1S/C9H16O2/c1-7(2)9(10)6-8-4-3-5-11-8/h7-8H,3-6H2,1-2H3/t8-/m1/s1. The minimum absolute atomic E-state index is 0.166. The Labute approximate surface area is 67.9 Å². The van der Waals surface area contributed by atoms with E-state index in [4.69, 9.17) is 4.74 Å². The van der Waals surface area contributed by atoms with Crippen LogP contribution in [-0.2, 0) is 9.53 Å². The molecule has 1 saturated heterocycles. The SMILES string of the molecule is CC(C)C(=O)C[C@H]1CCCO1. The molecule has 1 fully saturated rings. The van der Waals surface area contributed by atoms with Crippen molar-refractivity contribution in [1.29, 1.82) is 0 Å². The van der Waals surface area contributed by atoms with E-state index in [1.54, 1.807) is 0 Å². The molecular weight excluding hydrogens is 140 g/mol. The van der Waals surface area contributed by atoms with Crippen molar-refractivity contribution in [3.8, 4) is 0 Å². The van der Waals surface area contributed by atoms with Gasteiger partial charge in [0.25, 0.3) is 0 Å². The van der Waals surface area contributed by atoms with E-state index in [9.17, 15) is 4.79 Å². The van der Waals surface area contributed by atoms with Crippen LogP contribution in [0.15, 0.2) is 0 Å². The van der Waals surface area contributed by atoms with Crippen molar-refractivity contribution in [2.24, 2.45) is 5.92 Å². The highest BCUT2D eigenvalue weighted by Gasteiger charge is 2.20. The third-order valence-corrected chi connectivity index (χ3v) is 2.10. The first kappa shape index (κ1) is 8.72. The molecule has 2 nitrogen and oxygen atoms in total. The summed E-state index contributed by atoms with van der Waals surface area (Å²) in [6.07, 6.45) is 3.04. The predicted octanol–water partition coefficient (Wildman–Crippen LogP) is 1.78. The van der Waals surface area contributed by atoms with Gasteiger partial charge in [0.15, 0.2) is 0 Å². The highest BCUT2D eigenvalue weighted by molar-refractivity contribution is 5.80. The summed E-state index contributed by atoms with van der Waals surface area (Å²) in [6, 6.07) is 0. The van der Waals surface area contributed by atoms with Gasteiger partial charge in [0, 0.05) is 18.9 Å². The van der Waals surface area contributed by atoms with E-state index in [2.05, 4.69) is 0 Å². The summed E-state index contributed by atoms with van der Waals surface area (Å²) in [6.45, 7) is 4.73. The van der Waals surface area contributed by atoms with E-state index in [-0.39, 0.29) is 12.0 Å². The first-order valence-electron chi connectivity index (χ1n) is 4.34. The second-order valence-electron chi connectivity index (χ2n) is 3.46. The maximum Gasteiger partial charge on any atom is 0.138 e. The molecule has 0 aromatic carbocycles. The third-order valence-electron chi connectivity index (χ3n) is 2.10. The van der Waals surface area contributed by atoms with Crippen LogP contribution in [0, 0.1) is 5.92 Å². The fourth-order valence-electron chi connectivity index (χ4n) is 1.27. The summed E-state index contributed by atoms with van der Waals surface area (Å²) in [4.78, 5) is 11.2. The van der Waals surface area contributed by atoms with Crippen LogP contribution in [0.25, 0.3) is 0 Å². The highest BCUT2D eigenvalue weighted by Crippen LogP contribution is 2.17. The summed E-state index contributed by atoms with van der Waals surface area (Å²) in [5, 5.41) is 0. The van der Waals surface area contributed by atoms with Gasteiger partial charge in [-0.1, -0.05) is 13.8 Å². The molecule has 1 rings (SSSR count). The zero-order chi connectivity index (χ0) is 8.27. The first-order valence-corrected chi connectivity index (χ1v) is 4.34. The van der Waals surface area contributed by atoms with Crippen molar-refractivity contribution in [2.45, 2.75) is 39.2 Å². The monoisotopic (exact) mass is 156 g/mol. The quantitative estimate of drug-likeness (QED) is 0.622. The minimum atomic E-state index is 0.166. The van der Waals surface area contributed by atoms with Crippen molar-refractivity contribution in [3.05, 3.63) is 0 Å². The Balaban J connectivity index is 2.24. The summed E-state index contributed by atoms with van der Waals surface area (Å²) < 4.78 is 5.35. The average Bonchev–Trinajstić information content (AvgIpc) is 2.39. The molecule has 0 bridgehead atoms. The molecule has 2 heteroatoms. The Morgan fingerprint density at radius 2 is 2.36 bits per heavy atom. The predicted molar refractivity (Wildman–Crippen MR) is 43.4 cm³/mol. The van der Waals surface area contributed by atoms with Gasteiger partial charge in [-0.15, -0.1) is 0 Å². The highest BCUT2D eigenvalue weighted by atomic mass is 16.5. The molecule has 1 heterocycles. The van der Waals surface area contributed by atoms with Gasteiger partial charge in [-0.2, -0.15) is 0 Å². The molecule has 1 atom stereocenters. The van der Waals surface area contributed by atoms with Crippen molar-refractivity contribution in [3.63, 3.8) is 0 Å². The van der Waals surface area contributed by atoms with Gasteiger partial charge in [0.1, 0.15) is 5.78 Å². The van der Waals surface area contributed by atoms with Crippen LogP contribution < -0.4 is 0 Å². The van der Waals surface area contributed by atoms with Gasteiger partial charge in [-0.3, -0.25) is 4.79 Å². The largest absolute Gasteiger partial charge is 0.378 e. The van der Waals surface area contributed by atoms with E-state index < -0.39 is 0 Å². The van der Waals surface area contributed by atoms with Crippen LogP contribution in [0.4, 0.5) is 0 Å². The fourth-order valence-corrected chi connectivity index (χ4v) is 1.27. The topological polar surface area (TPSA) is 26.3 Å². The van der Waals surface area contributed by atoms with Crippen LogP contribution in [0.3, 0.4) is 0 Å². The first-order chi connectivity index (χ1) is 5.20. The lowest BCUT2D eigenvalue weighted by Gasteiger charge is -2.09. The Bertz CT molecular complexity index is 134. The third kappa shape index (κ3) is 2.62. The molecule has 0 aliphatic carbocycles. The average molecular weight is 156 g/mol. The molecule has 0 spiro atoms. The normalized spacial score (nSPS) is 24.5. The van der Waals surface area contributed by atoms with Crippen molar-refractivity contribution >= 4 is 5.78 Å². The van der Waals surface area contributed by atoms with Crippen molar-refractivity contribution < 1.29 is 9.53 Å². The van der Waals surface area contributed by atoms with E-state index in [0.29, 0.717) is 12.2 Å². The smallest absolute Gasteiger partial charge is 0.138 e. The fraction of sp³-hybridized carbons (Fsp3) is 0.889. The molecule has 1 aliphatic rings. The number of hydrogen-bond acceptors (Lipinski definition) is 2. The Hall–Kier alpha value is -0.370. The van der Waals surface area contributed by atoms with Crippen LogP contribution in [0.2, 0.25) is 0 Å². The van der Waals surface area contributed by atoms with Crippen LogP contribution in [-0.4, -0.2) is 18.5 Å². The summed E-state index contributed by atoms with van der Waals surface area (Å²) in [7, 11) is 0. The van der Waals surface area contributed by atoms with Crippen LogP contribution >= 0.6 is 0 Å². The Kier molecular flexibility index (Phi) is 3.06. The molecule has 0 radical (unpaired) electrons. The second-order valence-corrected chi connectivity index (χ2v) is 3.46. The van der Waals surface area contributed by atoms with Gasteiger partial charge in [-0.05, 0) is 12.8 Å². The van der Waals surface area contributed by atoms with Crippen molar-refractivity contribution in [1.82, 2.24) is 0 Å². The van der Waals surface area contributed by atoms with Gasteiger partial charge in [0.2, 0.25) is 0 Å². The van der Waals surface area contributed by atoms with Gasteiger partial charge in [0.05, 0.1) is 6.10 Å². The lowest BCUT2D eigenvalue weighted by molar-refractivity contribution is -0.124. The number of carbonyl (C=O) groups excluding carboxylic acids is 1. The van der Waals surface area contributed by atoms with Crippen molar-refractivity contribution in [2.75, 3.05) is 6.61 Å². The Morgan fingerprint density at radius 1 is 1.64 bits per heavy atom. The molecule has 0 aromatic heterocycles. The molecule has 11 heavy (non-hydrogen) atoms. The Morgan fingerprint density at radius 3 is 2.82 bits per heavy atom. The number of carbonyl (C=O) groups is 1. The van der Waals surface area contributed by atoms with Gasteiger partial charge in [-0.25, -0.2) is 0 Å². The van der Waals surface area contributed by atoms with E-state index in [1.165, 1.54) is 0 Å². The zero-order valence-corrected chi connectivity index (χ0v) is 7.30. The molecule has 64 valence electrons. The van der Waals surface area contributed by atoms with Crippen LogP contribution in [0.1, 0.15) is 33.1 Å². The molecule has 0 saturated carbocycles. The molecule has 0 unspecified atom stereocenters. The molecule has 0 N–H and O–H groups in total. The summed E-state index contributed by atoms with van der Waals surface area (Å²) >= 11 is 0. The number of hydrogen-bond donors (Lipinski definition) is 0. The number of rotatable bonds is 3. The summed E-state index contributed by atoms with van der Waals surface area (Å²) in [5.41, 5.74) is 0. The minimum Gasteiger partial charge on any atom is -0.378 e. The number of ketones is 1. The lowest BCUT2D eigenvalue weighted by atomic mass is 10.0. The van der Waals surface area contributed by atoms with Crippen LogP contribution in [0.5, 0.6) is 0 Å². The van der Waals surface area contributed by atoms with E-state index in [1.807, 2.05) is 13.8 Å². The van der Waals surface area contributed by atoms with E-state index in [0.717, 1.165) is 19.4 Å². The second kappa shape index (κ2) is 3.86. The molecule has 0 aromatic rings. The number of ether oxygens (including phenoxy) is 1. The number of Topliss-reactive ketones (excluding diaryl/α,β-unsaturated/α-hetero) is 1. The van der Waals surface area contributed by atoms with E-state index >= 15 is 0 Å². The maximum absolute atomic E-state index is 11.2. The molecule has 1 aliphatic heterocycles. The molecule has 0 amide bonds.